The summed E-state index contributed by atoms with van der Waals surface area (Å²) in [6.07, 6.45) is 4.47. The molecule has 0 unspecified atom stereocenters. The first-order chi connectivity index (χ1) is 10.7. The number of hydrogen-bond donors (Lipinski definition) is 0. The lowest BCUT2D eigenvalue weighted by Gasteiger charge is -2.46. The number of carbonyl (C=O) groups is 1. The van der Waals surface area contributed by atoms with Crippen LogP contribution in [0.3, 0.4) is 0 Å². The van der Waals surface area contributed by atoms with Crippen molar-refractivity contribution in [2.24, 2.45) is 11.0 Å². The number of nitrogens with zero attached hydrogens (tertiary/aromatic N) is 3. The fourth-order valence-corrected chi connectivity index (χ4v) is 4.52. The van der Waals surface area contributed by atoms with Crippen LogP contribution >= 0.6 is 11.8 Å². The molecule has 5 rings (SSSR count). The lowest BCUT2D eigenvalue weighted by atomic mass is 9.78. The SMILES string of the molecule is CSc1ccc([C@H]2[C@@H]3C(=NN2C(C)=O)C2CCN3CC2)cc1. The van der Waals surface area contributed by atoms with Gasteiger partial charge in [0.1, 0.15) is 6.04 Å². The summed E-state index contributed by atoms with van der Waals surface area (Å²) in [5, 5.41) is 6.47. The number of rotatable bonds is 2. The van der Waals surface area contributed by atoms with E-state index in [-0.39, 0.29) is 18.0 Å². The minimum atomic E-state index is 0.0430. The Bertz CT molecular complexity index is 619. The molecular formula is C17H21N3OS. The van der Waals surface area contributed by atoms with Crippen LogP contribution in [0.5, 0.6) is 0 Å². The molecule has 3 fully saturated rings. The Balaban J connectivity index is 1.74. The average Bonchev–Trinajstić information content (AvgIpc) is 2.99. The second kappa shape index (κ2) is 5.39. The average molecular weight is 315 g/mol. The molecule has 4 nitrogen and oxygen atoms in total. The standard InChI is InChI=1S/C17H21N3OS/c1-11(21)20-16(13-3-5-14(22-2)6-4-13)17-15(18-20)12-7-9-19(17)10-8-12/h3-6,12,16-17H,7-10H2,1-2H3/t16-,17-/m0/s1. The van der Waals surface area contributed by atoms with Gasteiger partial charge in [-0.05, 0) is 49.9 Å². The van der Waals surface area contributed by atoms with Crippen molar-refractivity contribution in [3.63, 3.8) is 0 Å². The predicted molar refractivity (Wildman–Crippen MR) is 89.0 cm³/mol. The van der Waals surface area contributed by atoms with Crippen LogP contribution in [0.25, 0.3) is 0 Å². The molecule has 4 aliphatic rings. The van der Waals surface area contributed by atoms with Crippen LogP contribution in [0.2, 0.25) is 0 Å². The van der Waals surface area contributed by atoms with Crippen LogP contribution in [0.15, 0.2) is 34.3 Å². The van der Waals surface area contributed by atoms with Crippen molar-refractivity contribution in [2.45, 2.75) is 36.7 Å². The van der Waals surface area contributed by atoms with E-state index in [0.29, 0.717) is 5.92 Å². The summed E-state index contributed by atoms with van der Waals surface area (Å²) < 4.78 is 0. The number of thioether (sulfide) groups is 1. The summed E-state index contributed by atoms with van der Waals surface area (Å²) in [5.41, 5.74) is 2.44. The first kappa shape index (κ1) is 14.3. The van der Waals surface area contributed by atoms with Gasteiger partial charge in [-0.2, -0.15) is 5.10 Å². The number of amides is 1. The van der Waals surface area contributed by atoms with Crippen LogP contribution in [0, 0.1) is 5.92 Å². The maximum Gasteiger partial charge on any atom is 0.240 e. The van der Waals surface area contributed by atoms with E-state index in [1.165, 1.54) is 29.0 Å². The lowest BCUT2D eigenvalue weighted by Crippen LogP contribution is -2.56. The van der Waals surface area contributed by atoms with Crippen molar-refractivity contribution < 1.29 is 4.79 Å². The topological polar surface area (TPSA) is 35.9 Å². The molecule has 5 heteroatoms. The molecule has 0 aliphatic carbocycles. The van der Waals surface area contributed by atoms with E-state index in [1.54, 1.807) is 23.7 Å². The molecule has 1 amide bonds. The summed E-state index contributed by atoms with van der Waals surface area (Å²) in [6.45, 7) is 3.90. The number of benzene rings is 1. The van der Waals surface area contributed by atoms with Gasteiger partial charge in [0, 0.05) is 17.7 Å². The van der Waals surface area contributed by atoms with Crippen LogP contribution in [-0.2, 0) is 4.79 Å². The Kier molecular flexibility index (Phi) is 3.50. The van der Waals surface area contributed by atoms with E-state index >= 15 is 0 Å². The highest BCUT2D eigenvalue weighted by Gasteiger charge is 2.50. The van der Waals surface area contributed by atoms with Gasteiger partial charge in [0.05, 0.1) is 11.8 Å². The maximum atomic E-state index is 12.1. The molecule has 4 heterocycles. The van der Waals surface area contributed by atoms with E-state index in [9.17, 15) is 4.79 Å². The van der Waals surface area contributed by atoms with E-state index < -0.39 is 0 Å². The molecule has 2 bridgehead atoms. The largest absolute Gasteiger partial charge is 0.293 e. The van der Waals surface area contributed by atoms with Crippen molar-refractivity contribution in [3.05, 3.63) is 29.8 Å². The van der Waals surface area contributed by atoms with E-state index in [1.807, 2.05) is 0 Å². The Morgan fingerprint density at radius 3 is 2.45 bits per heavy atom. The fourth-order valence-electron chi connectivity index (χ4n) is 4.12. The van der Waals surface area contributed by atoms with Crippen molar-refractivity contribution >= 4 is 23.4 Å². The van der Waals surface area contributed by atoms with Crippen LogP contribution in [0.1, 0.15) is 31.4 Å². The molecule has 2 atom stereocenters. The zero-order valence-electron chi connectivity index (χ0n) is 13.0. The summed E-state index contributed by atoms with van der Waals surface area (Å²) in [7, 11) is 0. The Labute approximate surface area is 135 Å². The van der Waals surface area contributed by atoms with Gasteiger partial charge in [-0.25, -0.2) is 5.01 Å². The van der Waals surface area contributed by atoms with Gasteiger partial charge in [-0.15, -0.1) is 11.8 Å². The molecule has 0 radical (unpaired) electrons. The van der Waals surface area contributed by atoms with Gasteiger partial charge in [0.15, 0.2) is 0 Å². The van der Waals surface area contributed by atoms with Crippen molar-refractivity contribution in [3.8, 4) is 0 Å². The third kappa shape index (κ3) is 2.10. The smallest absolute Gasteiger partial charge is 0.240 e. The molecule has 22 heavy (non-hydrogen) atoms. The molecule has 0 saturated carbocycles. The zero-order chi connectivity index (χ0) is 15.3. The Morgan fingerprint density at radius 2 is 1.86 bits per heavy atom. The summed E-state index contributed by atoms with van der Waals surface area (Å²) >= 11 is 1.74. The second-order valence-electron chi connectivity index (χ2n) is 6.36. The summed E-state index contributed by atoms with van der Waals surface area (Å²) in [5.74, 6) is 0.619. The number of hydrazone groups is 1. The van der Waals surface area contributed by atoms with Gasteiger partial charge in [0.2, 0.25) is 5.91 Å². The van der Waals surface area contributed by atoms with Crippen molar-refractivity contribution in [1.29, 1.82) is 0 Å². The van der Waals surface area contributed by atoms with Crippen LogP contribution in [-0.4, -0.2) is 46.9 Å². The highest BCUT2D eigenvalue weighted by atomic mass is 32.2. The predicted octanol–water partition coefficient (Wildman–Crippen LogP) is 2.76. The maximum absolute atomic E-state index is 12.1. The van der Waals surface area contributed by atoms with E-state index in [2.05, 4.69) is 35.4 Å². The number of hydrogen-bond acceptors (Lipinski definition) is 4. The highest BCUT2D eigenvalue weighted by Crippen LogP contribution is 2.43. The normalized spacial score (nSPS) is 32.8. The molecule has 1 aromatic carbocycles. The third-order valence-electron chi connectivity index (χ3n) is 5.21. The molecule has 0 spiro atoms. The Hall–Kier alpha value is -1.33. The zero-order valence-corrected chi connectivity index (χ0v) is 13.8. The van der Waals surface area contributed by atoms with Crippen molar-refractivity contribution in [2.75, 3.05) is 19.3 Å². The molecule has 0 N–H and O–H groups in total. The fraction of sp³-hybridized carbons (Fsp3) is 0.529. The molecule has 116 valence electrons. The Morgan fingerprint density at radius 1 is 1.18 bits per heavy atom. The quantitative estimate of drug-likeness (QED) is 0.787. The summed E-state index contributed by atoms with van der Waals surface area (Å²) in [4.78, 5) is 15.9. The third-order valence-corrected chi connectivity index (χ3v) is 5.95. The van der Waals surface area contributed by atoms with Crippen LogP contribution < -0.4 is 0 Å². The molecule has 0 aromatic heterocycles. The first-order valence-corrected chi connectivity index (χ1v) is 9.17. The lowest BCUT2D eigenvalue weighted by molar-refractivity contribution is -0.131. The molecule has 4 aliphatic heterocycles. The number of fused-ring (bicyclic) bond motifs is 2. The van der Waals surface area contributed by atoms with Crippen molar-refractivity contribution in [1.82, 2.24) is 9.91 Å². The van der Waals surface area contributed by atoms with Crippen LogP contribution in [0.4, 0.5) is 0 Å². The number of piperidine rings is 3. The number of carbonyl (C=O) groups excluding carboxylic acids is 1. The molecule has 3 saturated heterocycles. The highest BCUT2D eigenvalue weighted by molar-refractivity contribution is 7.98. The van der Waals surface area contributed by atoms with E-state index in [0.717, 1.165) is 13.1 Å². The second-order valence-corrected chi connectivity index (χ2v) is 7.24. The van der Waals surface area contributed by atoms with Gasteiger partial charge in [0.25, 0.3) is 0 Å². The molecular weight excluding hydrogens is 294 g/mol. The van der Waals surface area contributed by atoms with Gasteiger partial charge >= 0.3 is 0 Å². The minimum absolute atomic E-state index is 0.0430. The van der Waals surface area contributed by atoms with Gasteiger partial charge < -0.3 is 0 Å². The minimum Gasteiger partial charge on any atom is -0.293 e. The first-order valence-electron chi connectivity index (χ1n) is 7.95. The van der Waals surface area contributed by atoms with E-state index in [4.69, 9.17) is 5.10 Å². The molecule has 1 aromatic rings. The summed E-state index contributed by atoms with van der Waals surface area (Å²) in [6, 6.07) is 8.95. The van der Waals surface area contributed by atoms with Gasteiger partial charge in [-0.1, -0.05) is 12.1 Å². The monoisotopic (exact) mass is 315 g/mol. The van der Waals surface area contributed by atoms with Gasteiger partial charge in [-0.3, -0.25) is 9.69 Å².